The summed E-state index contributed by atoms with van der Waals surface area (Å²) in [5.74, 6) is 1.20. The van der Waals surface area contributed by atoms with Crippen molar-refractivity contribution < 1.29 is 9.53 Å². The molecule has 2 atom stereocenters. The summed E-state index contributed by atoms with van der Waals surface area (Å²) in [6.45, 7) is 10.9. The molecule has 0 aromatic carbocycles. The predicted octanol–water partition coefficient (Wildman–Crippen LogP) is 3.08. The Labute approximate surface area is 139 Å². The Morgan fingerprint density at radius 3 is 2.78 bits per heavy atom. The highest BCUT2D eigenvalue weighted by Gasteiger charge is 2.35. The molecule has 5 nitrogen and oxygen atoms in total. The van der Waals surface area contributed by atoms with Crippen LogP contribution in [0.15, 0.2) is 18.3 Å². The number of carbonyl (C=O) groups excluding carboxylic acids is 1. The average Bonchev–Trinajstić information content (AvgIpc) is 2.53. The summed E-state index contributed by atoms with van der Waals surface area (Å²) < 4.78 is 6.01. The van der Waals surface area contributed by atoms with Crippen LogP contribution >= 0.6 is 0 Å². The van der Waals surface area contributed by atoms with Gasteiger partial charge < -0.3 is 15.4 Å². The summed E-state index contributed by atoms with van der Waals surface area (Å²) >= 11 is 0. The molecule has 0 aliphatic carbocycles. The van der Waals surface area contributed by atoms with Crippen LogP contribution < -0.4 is 10.6 Å². The van der Waals surface area contributed by atoms with Crippen molar-refractivity contribution in [1.29, 1.82) is 0 Å². The SMILES string of the molecule is CCNC(=O)c1ccc(NCC2CCCOC2C(C)(C)C)nc1. The van der Waals surface area contributed by atoms with Crippen LogP contribution in [0, 0.1) is 11.3 Å². The maximum absolute atomic E-state index is 11.7. The van der Waals surface area contributed by atoms with Crippen molar-refractivity contribution in [3.63, 3.8) is 0 Å². The fourth-order valence-electron chi connectivity index (χ4n) is 3.14. The molecule has 2 heterocycles. The monoisotopic (exact) mass is 319 g/mol. The first kappa shape index (κ1) is 17.7. The third-order valence-electron chi connectivity index (χ3n) is 4.21. The summed E-state index contributed by atoms with van der Waals surface area (Å²) in [5, 5.41) is 6.16. The van der Waals surface area contributed by atoms with Gasteiger partial charge in [-0.25, -0.2) is 4.98 Å². The van der Waals surface area contributed by atoms with Crippen molar-refractivity contribution in [1.82, 2.24) is 10.3 Å². The van der Waals surface area contributed by atoms with E-state index >= 15 is 0 Å². The third kappa shape index (κ3) is 4.93. The quantitative estimate of drug-likeness (QED) is 0.875. The van der Waals surface area contributed by atoms with E-state index in [1.807, 2.05) is 13.0 Å². The second-order valence-electron chi connectivity index (χ2n) is 7.23. The molecule has 0 spiro atoms. The highest BCUT2D eigenvalue weighted by atomic mass is 16.5. The number of nitrogens with one attached hydrogen (secondary N) is 2. The lowest BCUT2D eigenvalue weighted by atomic mass is 9.78. The molecular weight excluding hydrogens is 290 g/mol. The van der Waals surface area contributed by atoms with Crippen molar-refractivity contribution >= 4 is 11.7 Å². The number of hydrogen-bond acceptors (Lipinski definition) is 4. The summed E-state index contributed by atoms with van der Waals surface area (Å²) in [6, 6.07) is 3.67. The minimum Gasteiger partial charge on any atom is -0.377 e. The van der Waals surface area contributed by atoms with Gasteiger partial charge in [-0.3, -0.25) is 4.79 Å². The summed E-state index contributed by atoms with van der Waals surface area (Å²) in [5.41, 5.74) is 0.730. The first-order chi connectivity index (χ1) is 10.9. The van der Waals surface area contributed by atoms with Crippen LogP contribution in [0.2, 0.25) is 0 Å². The maximum Gasteiger partial charge on any atom is 0.252 e. The first-order valence-corrected chi connectivity index (χ1v) is 8.51. The predicted molar refractivity (Wildman–Crippen MR) is 92.7 cm³/mol. The molecule has 0 bridgehead atoms. The molecule has 1 aromatic heterocycles. The Balaban J connectivity index is 1.93. The zero-order chi connectivity index (χ0) is 16.9. The van der Waals surface area contributed by atoms with E-state index in [9.17, 15) is 4.79 Å². The van der Waals surface area contributed by atoms with Crippen molar-refractivity contribution in [2.45, 2.75) is 46.6 Å². The molecule has 128 valence electrons. The van der Waals surface area contributed by atoms with Gasteiger partial charge in [0.2, 0.25) is 0 Å². The molecule has 23 heavy (non-hydrogen) atoms. The third-order valence-corrected chi connectivity index (χ3v) is 4.21. The lowest BCUT2D eigenvalue weighted by Gasteiger charge is -2.40. The molecule has 1 aliphatic heterocycles. The highest BCUT2D eigenvalue weighted by Crippen LogP contribution is 2.34. The maximum atomic E-state index is 11.7. The molecule has 1 saturated heterocycles. The van der Waals surface area contributed by atoms with Crippen molar-refractivity contribution in [2.75, 3.05) is 25.0 Å². The van der Waals surface area contributed by atoms with Gasteiger partial charge in [0, 0.05) is 31.8 Å². The van der Waals surface area contributed by atoms with Crippen LogP contribution in [0.4, 0.5) is 5.82 Å². The molecule has 1 aromatic rings. The topological polar surface area (TPSA) is 63.2 Å². The Bertz CT molecular complexity index is 508. The number of hydrogen-bond donors (Lipinski definition) is 2. The molecule has 5 heteroatoms. The van der Waals surface area contributed by atoms with E-state index in [0.29, 0.717) is 18.0 Å². The number of rotatable bonds is 5. The zero-order valence-corrected chi connectivity index (χ0v) is 14.7. The minimum absolute atomic E-state index is 0.0833. The van der Waals surface area contributed by atoms with Gasteiger partial charge in [0.25, 0.3) is 5.91 Å². The average molecular weight is 319 g/mol. The van der Waals surface area contributed by atoms with Crippen LogP contribution in [-0.4, -0.2) is 36.7 Å². The van der Waals surface area contributed by atoms with Gasteiger partial charge in [0.05, 0.1) is 11.7 Å². The molecule has 2 rings (SSSR count). The van der Waals surface area contributed by atoms with Crippen LogP contribution in [0.3, 0.4) is 0 Å². The molecule has 0 saturated carbocycles. The fraction of sp³-hybridized carbons (Fsp3) is 0.667. The fourth-order valence-corrected chi connectivity index (χ4v) is 3.14. The Kier molecular flexibility index (Phi) is 5.99. The van der Waals surface area contributed by atoms with E-state index in [2.05, 4.69) is 36.4 Å². The Morgan fingerprint density at radius 1 is 1.39 bits per heavy atom. The minimum atomic E-state index is -0.0833. The molecule has 2 N–H and O–H groups in total. The van der Waals surface area contributed by atoms with Crippen LogP contribution in [0.1, 0.15) is 50.9 Å². The first-order valence-electron chi connectivity index (χ1n) is 8.51. The summed E-state index contributed by atoms with van der Waals surface area (Å²) in [7, 11) is 0. The van der Waals surface area contributed by atoms with Crippen LogP contribution in [0.25, 0.3) is 0 Å². The summed E-state index contributed by atoms with van der Waals surface area (Å²) in [4.78, 5) is 16.1. The molecule has 1 aliphatic rings. The van der Waals surface area contributed by atoms with E-state index in [1.54, 1.807) is 12.3 Å². The van der Waals surface area contributed by atoms with E-state index in [1.165, 1.54) is 6.42 Å². The lowest BCUT2D eigenvalue weighted by molar-refractivity contribution is -0.0814. The van der Waals surface area contributed by atoms with Gasteiger partial charge in [0.1, 0.15) is 5.82 Å². The number of ether oxygens (including phenoxy) is 1. The smallest absolute Gasteiger partial charge is 0.252 e. The molecule has 2 unspecified atom stereocenters. The number of nitrogens with zero attached hydrogens (tertiary/aromatic N) is 1. The van der Waals surface area contributed by atoms with E-state index in [0.717, 1.165) is 25.4 Å². The van der Waals surface area contributed by atoms with E-state index < -0.39 is 0 Å². The van der Waals surface area contributed by atoms with Gasteiger partial charge in [0.15, 0.2) is 0 Å². The lowest BCUT2D eigenvalue weighted by Crippen LogP contribution is -2.42. The normalized spacial score (nSPS) is 21.7. The van der Waals surface area contributed by atoms with Gasteiger partial charge in [-0.15, -0.1) is 0 Å². The van der Waals surface area contributed by atoms with Gasteiger partial charge in [-0.05, 0) is 37.3 Å². The second-order valence-corrected chi connectivity index (χ2v) is 7.23. The van der Waals surface area contributed by atoms with Gasteiger partial charge in [-0.1, -0.05) is 20.8 Å². The zero-order valence-electron chi connectivity index (χ0n) is 14.7. The number of anilines is 1. The molecule has 1 fully saturated rings. The largest absolute Gasteiger partial charge is 0.377 e. The van der Waals surface area contributed by atoms with Crippen molar-refractivity contribution in [2.24, 2.45) is 11.3 Å². The number of carbonyl (C=O) groups is 1. The van der Waals surface area contributed by atoms with Crippen LogP contribution in [-0.2, 0) is 4.74 Å². The number of pyridine rings is 1. The van der Waals surface area contributed by atoms with Gasteiger partial charge >= 0.3 is 0 Å². The van der Waals surface area contributed by atoms with Crippen molar-refractivity contribution in [3.8, 4) is 0 Å². The van der Waals surface area contributed by atoms with Crippen molar-refractivity contribution in [3.05, 3.63) is 23.9 Å². The highest BCUT2D eigenvalue weighted by molar-refractivity contribution is 5.93. The number of aromatic nitrogens is 1. The van der Waals surface area contributed by atoms with Gasteiger partial charge in [-0.2, -0.15) is 0 Å². The Hall–Kier alpha value is -1.62. The second kappa shape index (κ2) is 7.77. The summed E-state index contributed by atoms with van der Waals surface area (Å²) in [6.07, 6.45) is 4.17. The standard InChI is InChI=1S/C18H29N3O2/c1-5-19-17(22)14-8-9-15(21-12-14)20-11-13-7-6-10-23-16(13)18(2,3)4/h8-9,12-13,16H,5-7,10-11H2,1-4H3,(H,19,22)(H,20,21). The van der Waals surface area contributed by atoms with Crippen LogP contribution in [0.5, 0.6) is 0 Å². The van der Waals surface area contributed by atoms with E-state index in [4.69, 9.17) is 4.74 Å². The number of amides is 1. The molecule has 1 amide bonds. The molecule has 0 radical (unpaired) electrons. The molecular formula is C18H29N3O2. The Morgan fingerprint density at radius 2 is 2.17 bits per heavy atom. The van der Waals surface area contributed by atoms with E-state index in [-0.39, 0.29) is 17.4 Å².